The van der Waals surface area contributed by atoms with Gasteiger partial charge in [0.15, 0.2) is 0 Å². The van der Waals surface area contributed by atoms with Gasteiger partial charge in [0.1, 0.15) is 0 Å². The second-order valence-corrected chi connectivity index (χ2v) is 3.76. The first-order chi connectivity index (χ1) is 8.10. The Morgan fingerprint density at radius 1 is 1.24 bits per heavy atom. The van der Waals surface area contributed by atoms with Crippen LogP contribution in [0, 0.1) is 6.92 Å². The molecule has 0 aromatic heterocycles. The summed E-state index contributed by atoms with van der Waals surface area (Å²) in [6.07, 6.45) is 0. The van der Waals surface area contributed by atoms with E-state index in [-0.39, 0.29) is 18.8 Å². The fraction of sp³-hybridized carbons (Fsp3) is 0.417. The number of carbonyl (C=O) groups is 1. The molecule has 0 atom stereocenters. The summed E-state index contributed by atoms with van der Waals surface area (Å²) in [4.78, 5) is 12.8. The third kappa shape index (κ3) is 3.44. The minimum absolute atomic E-state index is 0.0903. The second kappa shape index (κ2) is 6.22. The predicted octanol–water partition coefficient (Wildman–Crippen LogP) is 0.484. The zero-order chi connectivity index (χ0) is 12.8. The van der Waals surface area contributed by atoms with Crippen LogP contribution in [0.5, 0.6) is 0 Å². The van der Waals surface area contributed by atoms with Crippen LogP contribution in [-0.2, 0) is 0 Å². The second-order valence-electron chi connectivity index (χ2n) is 3.76. The normalized spacial score (nSPS) is 10.3. The maximum absolute atomic E-state index is 11.1. The Balaban J connectivity index is 3.12. The van der Waals surface area contributed by atoms with Gasteiger partial charge in [-0.2, -0.15) is 0 Å². The van der Waals surface area contributed by atoms with Crippen molar-refractivity contribution in [3.8, 4) is 0 Å². The van der Waals surface area contributed by atoms with Crippen LogP contribution in [0.3, 0.4) is 0 Å². The zero-order valence-corrected chi connectivity index (χ0v) is 9.76. The van der Waals surface area contributed by atoms with E-state index in [0.29, 0.717) is 18.8 Å². The molecule has 1 aromatic carbocycles. The smallest absolute Gasteiger partial charge is 0.337 e. The highest BCUT2D eigenvalue weighted by atomic mass is 16.4. The molecule has 0 aliphatic rings. The molecule has 0 aliphatic heterocycles. The lowest BCUT2D eigenvalue weighted by Crippen LogP contribution is -2.31. The number of benzene rings is 1. The van der Waals surface area contributed by atoms with Crippen molar-refractivity contribution in [3.63, 3.8) is 0 Å². The quantitative estimate of drug-likeness (QED) is 0.673. The molecule has 1 rings (SSSR count). The lowest BCUT2D eigenvalue weighted by atomic mass is 10.1. The largest absolute Gasteiger partial charge is 0.478 e. The summed E-state index contributed by atoms with van der Waals surface area (Å²) in [6, 6.07) is 5.09. The lowest BCUT2D eigenvalue weighted by molar-refractivity contribution is 0.0697. The van der Waals surface area contributed by atoms with E-state index in [1.165, 1.54) is 0 Å². The van der Waals surface area contributed by atoms with Gasteiger partial charge < -0.3 is 20.2 Å². The Kier molecular flexibility index (Phi) is 4.93. The molecule has 5 heteroatoms. The summed E-state index contributed by atoms with van der Waals surface area (Å²) in [5, 5.41) is 27.0. The number of carboxylic acids is 1. The van der Waals surface area contributed by atoms with E-state index in [1.54, 1.807) is 17.0 Å². The van der Waals surface area contributed by atoms with Crippen molar-refractivity contribution < 1.29 is 20.1 Å². The first-order valence-corrected chi connectivity index (χ1v) is 5.40. The Bertz CT molecular complexity index is 386. The van der Waals surface area contributed by atoms with E-state index < -0.39 is 5.97 Å². The van der Waals surface area contributed by atoms with Crippen molar-refractivity contribution in [3.05, 3.63) is 29.3 Å². The summed E-state index contributed by atoms with van der Waals surface area (Å²) >= 11 is 0. The fourth-order valence-corrected chi connectivity index (χ4v) is 1.69. The van der Waals surface area contributed by atoms with Crippen LogP contribution in [0.1, 0.15) is 15.9 Å². The summed E-state index contributed by atoms with van der Waals surface area (Å²) in [6.45, 7) is 2.23. The van der Waals surface area contributed by atoms with Gasteiger partial charge in [0.25, 0.3) is 0 Å². The molecule has 0 radical (unpaired) electrons. The van der Waals surface area contributed by atoms with Gasteiger partial charge in [-0.05, 0) is 19.1 Å². The number of anilines is 1. The average molecular weight is 239 g/mol. The van der Waals surface area contributed by atoms with Crippen molar-refractivity contribution in [2.24, 2.45) is 0 Å². The molecule has 5 nitrogen and oxygen atoms in total. The molecular formula is C12H17NO4. The van der Waals surface area contributed by atoms with Crippen LogP contribution in [0.15, 0.2) is 18.2 Å². The average Bonchev–Trinajstić information content (AvgIpc) is 2.28. The van der Waals surface area contributed by atoms with E-state index in [0.717, 1.165) is 5.56 Å². The van der Waals surface area contributed by atoms with Crippen LogP contribution in [0.4, 0.5) is 5.69 Å². The van der Waals surface area contributed by atoms with Gasteiger partial charge >= 0.3 is 5.97 Å². The van der Waals surface area contributed by atoms with Crippen LogP contribution >= 0.6 is 0 Å². The van der Waals surface area contributed by atoms with Crippen molar-refractivity contribution in [1.82, 2.24) is 0 Å². The number of carboxylic acid groups (broad SMARTS) is 1. The molecule has 17 heavy (non-hydrogen) atoms. The lowest BCUT2D eigenvalue weighted by Gasteiger charge is -2.24. The number of aryl methyl sites for hydroxylation is 1. The number of rotatable bonds is 6. The molecule has 94 valence electrons. The van der Waals surface area contributed by atoms with Gasteiger partial charge in [0.2, 0.25) is 0 Å². The van der Waals surface area contributed by atoms with Gasteiger partial charge in [-0.25, -0.2) is 4.79 Å². The van der Waals surface area contributed by atoms with Gasteiger partial charge in [-0.1, -0.05) is 11.6 Å². The highest BCUT2D eigenvalue weighted by Gasteiger charge is 2.15. The van der Waals surface area contributed by atoms with Crippen LogP contribution in [0.2, 0.25) is 0 Å². The van der Waals surface area contributed by atoms with E-state index in [2.05, 4.69) is 0 Å². The van der Waals surface area contributed by atoms with Crippen molar-refractivity contribution >= 4 is 11.7 Å². The zero-order valence-electron chi connectivity index (χ0n) is 9.76. The molecule has 0 saturated heterocycles. The monoisotopic (exact) mass is 239 g/mol. The van der Waals surface area contributed by atoms with Crippen LogP contribution in [0.25, 0.3) is 0 Å². The number of hydrogen-bond acceptors (Lipinski definition) is 4. The van der Waals surface area contributed by atoms with Crippen LogP contribution < -0.4 is 4.90 Å². The minimum Gasteiger partial charge on any atom is -0.478 e. The van der Waals surface area contributed by atoms with Gasteiger partial charge in [0, 0.05) is 13.1 Å². The number of aromatic carboxylic acids is 1. The maximum Gasteiger partial charge on any atom is 0.337 e. The summed E-state index contributed by atoms with van der Waals surface area (Å²) in [7, 11) is 0. The first-order valence-electron chi connectivity index (χ1n) is 5.40. The molecule has 0 aliphatic carbocycles. The van der Waals surface area contributed by atoms with E-state index in [1.807, 2.05) is 13.0 Å². The summed E-state index contributed by atoms with van der Waals surface area (Å²) in [5.74, 6) is -1.01. The SMILES string of the molecule is Cc1ccc(N(CCO)CCO)c(C(=O)O)c1. The molecule has 0 heterocycles. The number of aliphatic hydroxyl groups excluding tert-OH is 2. The Hall–Kier alpha value is -1.59. The number of nitrogens with zero attached hydrogens (tertiary/aromatic N) is 1. The van der Waals surface area contributed by atoms with Crippen LogP contribution in [-0.4, -0.2) is 47.6 Å². The highest BCUT2D eigenvalue weighted by Crippen LogP contribution is 2.21. The molecule has 0 amide bonds. The molecule has 0 bridgehead atoms. The minimum atomic E-state index is -1.01. The standard InChI is InChI=1S/C12H17NO4/c1-9-2-3-11(10(8-9)12(16)17)13(4-6-14)5-7-15/h2-3,8,14-15H,4-7H2,1H3,(H,16,17). The molecule has 0 unspecified atom stereocenters. The van der Waals surface area contributed by atoms with E-state index >= 15 is 0 Å². The first kappa shape index (κ1) is 13.5. The molecule has 3 N–H and O–H groups in total. The molecule has 0 spiro atoms. The van der Waals surface area contributed by atoms with Crippen molar-refractivity contribution in [2.45, 2.75) is 6.92 Å². The highest BCUT2D eigenvalue weighted by molar-refractivity contribution is 5.94. The van der Waals surface area contributed by atoms with Gasteiger partial charge in [-0.15, -0.1) is 0 Å². The molecular weight excluding hydrogens is 222 g/mol. The van der Waals surface area contributed by atoms with Crippen molar-refractivity contribution in [2.75, 3.05) is 31.2 Å². The van der Waals surface area contributed by atoms with Gasteiger partial charge in [0.05, 0.1) is 24.5 Å². The molecule has 0 fully saturated rings. The Morgan fingerprint density at radius 3 is 2.29 bits per heavy atom. The van der Waals surface area contributed by atoms with E-state index in [4.69, 9.17) is 15.3 Å². The number of hydrogen-bond donors (Lipinski definition) is 3. The Morgan fingerprint density at radius 2 is 1.82 bits per heavy atom. The predicted molar refractivity (Wildman–Crippen MR) is 64.5 cm³/mol. The maximum atomic E-state index is 11.1. The Labute approximate surface area is 99.9 Å². The summed E-state index contributed by atoms with van der Waals surface area (Å²) < 4.78 is 0. The van der Waals surface area contributed by atoms with Crippen molar-refractivity contribution in [1.29, 1.82) is 0 Å². The topological polar surface area (TPSA) is 81.0 Å². The molecule has 1 aromatic rings. The molecule has 0 saturated carbocycles. The van der Waals surface area contributed by atoms with Gasteiger partial charge in [-0.3, -0.25) is 0 Å². The van der Waals surface area contributed by atoms with E-state index in [9.17, 15) is 4.79 Å². The third-order valence-corrected chi connectivity index (χ3v) is 2.46. The summed E-state index contributed by atoms with van der Waals surface area (Å²) in [5.41, 5.74) is 1.57. The number of aliphatic hydroxyl groups is 2. The third-order valence-electron chi connectivity index (χ3n) is 2.46. The fourth-order valence-electron chi connectivity index (χ4n) is 1.69.